The number of ether oxygens (including phenoxy) is 1. The minimum absolute atomic E-state index is 0.0605. The topological polar surface area (TPSA) is 46.6 Å². The van der Waals surface area contributed by atoms with Crippen molar-refractivity contribution in [1.29, 1.82) is 0 Å². The Morgan fingerprint density at radius 2 is 1.76 bits per heavy atom. The number of benzene rings is 1. The molecule has 6 heteroatoms. The van der Waals surface area contributed by atoms with Crippen molar-refractivity contribution in [1.82, 2.24) is 4.31 Å². The van der Waals surface area contributed by atoms with Gasteiger partial charge in [-0.2, -0.15) is 4.31 Å². The Labute approximate surface area is 133 Å². The minimum atomic E-state index is -3.47. The van der Waals surface area contributed by atoms with Gasteiger partial charge in [-0.25, -0.2) is 8.42 Å². The van der Waals surface area contributed by atoms with E-state index in [0.717, 1.165) is 6.42 Å². The molecule has 1 unspecified atom stereocenters. The predicted molar refractivity (Wildman–Crippen MR) is 86.5 cm³/mol. The molecule has 1 aromatic carbocycles. The zero-order chi connectivity index (χ0) is 16.0. The largest absolute Gasteiger partial charge is 0.494 e. The van der Waals surface area contributed by atoms with Crippen LogP contribution in [0.15, 0.2) is 29.2 Å². The van der Waals surface area contributed by atoms with E-state index in [0.29, 0.717) is 18.2 Å². The number of rotatable bonds is 8. The van der Waals surface area contributed by atoms with E-state index >= 15 is 0 Å². The third-order valence-corrected chi connectivity index (χ3v) is 5.81. The Bertz CT molecular complexity index is 528. The maximum atomic E-state index is 12.5. The minimum Gasteiger partial charge on any atom is -0.494 e. The van der Waals surface area contributed by atoms with Crippen LogP contribution in [0.2, 0.25) is 0 Å². The van der Waals surface area contributed by atoms with Crippen LogP contribution in [0.1, 0.15) is 27.2 Å². The standard InChI is InChI=1S/C15H24ClNO3S/c1-12(2)13(3)17(4)21(18,19)15-8-6-14(7-9-15)20-11-5-10-16/h6-9,12-13H,5,10-11H2,1-4H3. The van der Waals surface area contributed by atoms with Crippen LogP contribution >= 0.6 is 11.6 Å². The van der Waals surface area contributed by atoms with E-state index in [1.807, 2.05) is 20.8 Å². The average Bonchev–Trinajstić information content (AvgIpc) is 2.46. The third-order valence-electron chi connectivity index (χ3n) is 3.59. The van der Waals surface area contributed by atoms with Crippen LogP contribution in [-0.4, -0.2) is 38.3 Å². The second kappa shape index (κ2) is 8.01. The molecule has 0 radical (unpaired) electrons. The van der Waals surface area contributed by atoms with Crippen LogP contribution in [-0.2, 0) is 10.0 Å². The van der Waals surface area contributed by atoms with Crippen LogP contribution in [0.25, 0.3) is 0 Å². The summed E-state index contributed by atoms with van der Waals surface area (Å²) in [4.78, 5) is 0.280. The first-order valence-corrected chi connectivity index (χ1v) is 9.05. The van der Waals surface area contributed by atoms with Gasteiger partial charge in [0.25, 0.3) is 0 Å². The Morgan fingerprint density at radius 1 is 1.19 bits per heavy atom. The lowest BCUT2D eigenvalue weighted by Gasteiger charge is -2.27. The number of hydrogen-bond acceptors (Lipinski definition) is 3. The fraction of sp³-hybridized carbons (Fsp3) is 0.600. The molecule has 120 valence electrons. The molecule has 4 nitrogen and oxygen atoms in total. The van der Waals surface area contributed by atoms with Crippen LogP contribution in [0, 0.1) is 5.92 Å². The highest BCUT2D eigenvalue weighted by Gasteiger charge is 2.26. The smallest absolute Gasteiger partial charge is 0.243 e. The molecule has 0 amide bonds. The van der Waals surface area contributed by atoms with Gasteiger partial charge in [-0.05, 0) is 43.5 Å². The molecule has 0 aliphatic heterocycles. The van der Waals surface area contributed by atoms with E-state index in [2.05, 4.69) is 0 Å². The second-order valence-corrected chi connectivity index (χ2v) is 7.74. The number of alkyl halides is 1. The van der Waals surface area contributed by atoms with E-state index in [1.54, 1.807) is 31.3 Å². The molecule has 21 heavy (non-hydrogen) atoms. The first-order valence-electron chi connectivity index (χ1n) is 7.07. The van der Waals surface area contributed by atoms with Crippen molar-refractivity contribution < 1.29 is 13.2 Å². The van der Waals surface area contributed by atoms with Crippen molar-refractivity contribution >= 4 is 21.6 Å². The lowest BCUT2D eigenvalue weighted by molar-refractivity contribution is 0.314. The molecule has 0 aliphatic rings. The van der Waals surface area contributed by atoms with E-state index in [9.17, 15) is 8.42 Å². The normalized spacial score (nSPS) is 13.7. The van der Waals surface area contributed by atoms with Gasteiger partial charge in [0.05, 0.1) is 11.5 Å². The van der Waals surface area contributed by atoms with Crippen molar-refractivity contribution in [3.05, 3.63) is 24.3 Å². The molecule has 0 fully saturated rings. The average molecular weight is 334 g/mol. The van der Waals surface area contributed by atoms with Gasteiger partial charge in [-0.15, -0.1) is 11.6 Å². The molecule has 0 N–H and O–H groups in total. The van der Waals surface area contributed by atoms with Gasteiger partial charge >= 0.3 is 0 Å². The zero-order valence-corrected chi connectivity index (χ0v) is 14.6. The first kappa shape index (κ1) is 18.3. The number of halogens is 1. The molecule has 1 atom stereocenters. The molecule has 1 aromatic rings. The van der Waals surface area contributed by atoms with Gasteiger partial charge in [0.1, 0.15) is 5.75 Å². The molecule has 0 saturated carbocycles. The van der Waals surface area contributed by atoms with E-state index in [4.69, 9.17) is 16.3 Å². The highest BCUT2D eigenvalue weighted by atomic mass is 35.5. The van der Waals surface area contributed by atoms with Crippen LogP contribution in [0.3, 0.4) is 0 Å². The molecular weight excluding hydrogens is 310 g/mol. The van der Waals surface area contributed by atoms with Crippen molar-refractivity contribution in [3.8, 4) is 5.75 Å². The van der Waals surface area contributed by atoms with Crippen LogP contribution < -0.4 is 4.74 Å². The summed E-state index contributed by atoms with van der Waals surface area (Å²) in [5.41, 5.74) is 0. The highest BCUT2D eigenvalue weighted by Crippen LogP contribution is 2.22. The Kier molecular flexibility index (Phi) is 6.97. The summed E-state index contributed by atoms with van der Waals surface area (Å²) >= 11 is 5.58. The molecule has 0 heterocycles. The SMILES string of the molecule is CC(C)C(C)N(C)S(=O)(=O)c1ccc(OCCCCl)cc1. The summed E-state index contributed by atoms with van der Waals surface area (Å²) in [6.45, 7) is 6.45. The summed E-state index contributed by atoms with van der Waals surface area (Å²) in [5, 5.41) is 0. The van der Waals surface area contributed by atoms with Crippen molar-refractivity contribution in [2.45, 2.75) is 38.1 Å². The molecule has 0 bridgehead atoms. The fourth-order valence-corrected chi connectivity index (χ4v) is 3.36. The van der Waals surface area contributed by atoms with Gasteiger partial charge < -0.3 is 4.74 Å². The monoisotopic (exact) mass is 333 g/mol. The Balaban J connectivity index is 2.84. The number of nitrogens with zero attached hydrogens (tertiary/aromatic N) is 1. The van der Waals surface area contributed by atoms with Crippen LogP contribution in [0.5, 0.6) is 5.75 Å². The Morgan fingerprint density at radius 3 is 2.24 bits per heavy atom. The molecule has 0 spiro atoms. The zero-order valence-electron chi connectivity index (χ0n) is 13.0. The molecule has 0 saturated heterocycles. The molecule has 1 rings (SSSR count). The molecular formula is C15H24ClNO3S. The summed E-state index contributed by atoms with van der Waals surface area (Å²) in [6.07, 6.45) is 0.760. The maximum absolute atomic E-state index is 12.5. The fourth-order valence-electron chi connectivity index (χ4n) is 1.76. The van der Waals surface area contributed by atoms with Crippen molar-refractivity contribution in [2.24, 2.45) is 5.92 Å². The van der Waals surface area contributed by atoms with Crippen LogP contribution in [0.4, 0.5) is 0 Å². The first-order chi connectivity index (χ1) is 9.80. The summed E-state index contributed by atoms with van der Waals surface area (Å²) < 4.78 is 31.9. The quantitative estimate of drug-likeness (QED) is 0.541. The van der Waals surface area contributed by atoms with E-state index < -0.39 is 10.0 Å². The van der Waals surface area contributed by atoms with Gasteiger partial charge in [0.15, 0.2) is 0 Å². The number of sulfonamides is 1. The maximum Gasteiger partial charge on any atom is 0.243 e. The Hall–Kier alpha value is -0.780. The highest BCUT2D eigenvalue weighted by molar-refractivity contribution is 7.89. The van der Waals surface area contributed by atoms with Gasteiger partial charge in [-0.1, -0.05) is 13.8 Å². The van der Waals surface area contributed by atoms with E-state index in [1.165, 1.54) is 4.31 Å². The summed E-state index contributed by atoms with van der Waals surface area (Å²) in [7, 11) is -1.85. The third kappa shape index (κ3) is 4.87. The summed E-state index contributed by atoms with van der Waals surface area (Å²) in [5.74, 6) is 1.45. The number of hydrogen-bond donors (Lipinski definition) is 0. The van der Waals surface area contributed by atoms with Gasteiger partial charge in [0, 0.05) is 19.0 Å². The molecule has 0 aliphatic carbocycles. The van der Waals surface area contributed by atoms with Gasteiger partial charge in [0.2, 0.25) is 10.0 Å². The second-order valence-electron chi connectivity index (χ2n) is 5.37. The predicted octanol–water partition coefficient (Wildman–Crippen LogP) is 3.36. The van der Waals surface area contributed by atoms with E-state index in [-0.39, 0.29) is 16.9 Å². The summed E-state index contributed by atoms with van der Waals surface area (Å²) in [6, 6.07) is 6.45. The van der Waals surface area contributed by atoms with Crippen molar-refractivity contribution in [3.63, 3.8) is 0 Å². The molecule has 0 aromatic heterocycles. The lowest BCUT2D eigenvalue weighted by atomic mass is 10.1. The lowest BCUT2D eigenvalue weighted by Crippen LogP contribution is -2.38. The van der Waals surface area contributed by atoms with Crippen molar-refractivity contribution in [2.75, 3.05) is 19.5 Å². The van der Waals surface area contributed by atoms with Gasteiger partial charge in [-0.3, -0.25) is 0 Å².